The molecule has 3 rings (SSSR count). The summed E-state index contributed by atoms with van der Waals surface area (Å²) in [5.74, 6) is 0.0501. The van der Waals surface area contributed by atoms with Gasteiger partial charge in [-0.1, -0.05) is 23.2 Å². The summed E-state index contributed by atoms with van der Waals surface area (Å²) in [4.78, 5) is 17.3. The molecule has 2 saturated heterocycles. The third-order valence-corrected chi connectivity index (χ3v) is 5.76. The number of carbonyl (C=O) groups excluding carboxylic acids is 1. The number of likely N-dealkylation sites (tertiary alicyclic amines) is 2. The molecule has 116 valence electrons. The third-order valence-electron chi connectivity index (χ3n) is 4.92. The number of aromatic nitrogens is 1. The molecule has 0 bridgehead atoms. The van der Waals surface area contributed by atoms with Gasteiger partial charge < -0.3 is 14.4 Å². The summed E-state index contributed by atoms with van der Waals surface area (Å²) in [7, 11) is 3.95. The molecule has 21 heavy (non-hydrogen) atoms. The van der Waals surface area contributed by atoms with E-state index in [9.17, 15) is 4.79 Å². The zero-order valence-electron chi connectivity index (χ0n) is 12.5. The van der Waals surface area contributed by atoms with Gasteiger partial charge in [0, 0.05) is 25.7 Å². The van der Waals surface area contributed by atoms with E-state index >= 15 is 0 Å². The van der Waals surface area contributed by atoms with Crippen LogP contribution in [0, 0.1) is 0 Å². The van der Waals surface area contributed by atoms with E-state index in [-0.39, 0.29) is 5.91 Å². The Bertz CT molecular complexity index is 557. The number of halogens is 2. The van der Waals surface area contributed by atoms with Gasteiger partial charge in [-0.3, -0.25) is 4.79 Å². The van der Waals surface area contributed by atoms with Crippen LogP contribution < -0.4 is 0 Å². The number of likely N-dealkylation sites (N-methyl/N-ethyl adjacent to an activating group) is 1. The van der Waals surface area contributed by atoms with Crippen LogP contribution in [0.1, 0.15) is 36.2 Å². The lowest BCUT2D eigenvalue weighted by molar-refractivity contribution is 0.0655. The van der Waals surface area contributed by atoms with Gasteiger partial charge in [0.05, 0.1) is 5.02 Å². The molecule has 0 saturated carbocycles. The topological polar surface area (TPSA) is 28.5 Å². The highest BCUT2D eigenvalue weighted by atomic mass is 35.5. The molecule has 1 aromatic rings. The van der Waals surface area contributed by atoms with Gasteiger partial charge in [0.15, 0.2) is 0 Å². The number of hydrogen-bond donors (Lipinski definition) is 0. The number of carbonyl (C=O) groups is 1. The molecular formula is C15H21Cl2N3O. The molecule has 2 fully saturated rings. The van der Waals surface area contributed by atoms with Crippen molar-refractivity contribution in [3.8, 4) is 0 Å². The van der Waals surface area contributed by atoms with E-state index < -0.39 is 0 Å². The Hall–Kier alpha value is -0.710. The molecule has 2 aliphatic rings. The molecule has 2 atom stereocenters. The summed E-state index contributed by atoms with van der Waals surface area (Å²) < 4.78 is 1.68. The quantitative estimate of drug-likeness (QED) is 0.834. The van der Waals surface area contributed by atoms with E-state index in [0.717, 1.165) is 25.9 Å². The molecular weight excluding hydrogens is 309 g/mol. The smallest absolute Gasteiger partial charge is 0.270 e. The van der Waals surface area contributed by atoms with Crippen LogP contribution in [-0.2, 0) is 7.05 Å². The predicted molar refractivity (Wildman–Crippen MR) is 85.1 cm³/mol. The monoisotopic (exact) mass is 329 g/mol. The Kier molecular flexibility index (Phi) is 4.21. The second kappa shape index (κ2) is 5.82. The summed E-state index contributed by atoms with van der Waals surface area (Å²) in [5, 5.41) is 0.866. The van der Waals surface area contributed by atoms with Crippen LogP contribution in [-0.4, -0.2) is 52.5 Å². The van der Waals surface area contributed by atoms with Crippen LogP contribution in [0.5, 0.6) is 0 Å². The number of rotatable bonds is 2. The van der Waals surface area contributed by atoms with Gasteiger partial charge in [-0.15, -0.1) is 0 Å². The molecule has 0 aliphatic carbocycles. The van der Waals surface area contributed by atoms with Crippen molar-refractivity contribution in [2.45, 2.75) is 37.8 Å². The first-order chi connectivity index (χ1) is 10.0. The van der Waals surface area contributed by atoms with Crippen molar-refractivity contribution in [3.05, 3.63) is 21.9 Å². The SMILES string of the molecule is CN1CCC[C@H]1[C@H]1CCCN1C(=O)c1cc(Cl)c(Cl)n1C. The number of nitrogens with zero attached hydrogens (tertiary/aromatic N) is 3. The van der Waals surface area contributed by atoms with E-state index in [1.54, 1.807) is 17.7 Å². The van der Waals surface area contributed by atoms with Crippen LogP contribution in [0.15, 0.2) is 6.07 Å². The molecule has 0 spiro atoms. The zero-order chi connectivity index (χ0) is 15.1. The fraction of sp³-hybridized carbons (Fsp3) is 0.667. The average molecular weight is 330 g/mol. The lowest BCUT2D eigenvalue weighted by atomic mass is 10.0. The highest BCUT2D eigenvalue weighted by Crippen LogP contribution is 2.32. The normalized spacial score (nSPS) is 26.8. The molecule has 4 nitrogen and oxygen atoms in total. The lowest BCUT2D eigenvalue weighted by Gasteiger charge is -2.33. The Morgan fingerprint density at radius 1 is 1.14 bits per heavy atom. The van der Waals surface area contributed by atoms with Crippen LogP contribution >= 0.6 is 23.2 Å². The van der Waals surface area contributed by atoms with E-state index in [1.807, 2.05) is 4.90 Å². The van der Waals surface area contributed by atoms with Crippen molar-refractivity contribution in [2.24, 2.45) is 7.05 Å². The minimum atomic E-state index is 0.0501. The molecule has 1 aromatic heterocycles. The summed E-state index contributed by atoms with van der Waals surface area (Å²) in [6.45, 7) is 1.96. The van der Waals surface area contributed by atoms with Crippen molar-refractivity contribution in [1.82, 2.24) is 14.4 Å². The molecule has 6 heteroatoms. The fourth-order valence-electron chi connectivity index (χ4n) is 3.76. The first-order valence-corrected chi connectivity index (χ1v) is 8.28. The van der Waals surface area contributed by atoms with Gasteiger partial charge in [0.25, 0.3) is 5.91 Å². The lowest BCUT2D eigenvalue weighted by Crippen LogP contribution is -2.47. The summed E-state index contributed by atoms with van der Waals surface area (Å²) in [6.07, 6.45) is 4.57. The third kappa shape index (κ3) is 2.58. The van der Waals surface area contributed by atoms with Crippen molar-refractivity contribution < 1.29 is 4.79 Å². The second-order valence-electron chi connectivity index (χ2n) is 6.13. The van der Waals surface area contributed by atoms with E-state index in [4.69, 9.17) is 23.2 Å². The second-order valence-corrected chi connectivity index (χ2v) is 6.89. The molecule has 0 aromatic carbocycles. The maximum atomic E-state index is 12.9. The first-order valence-electron chi connectivity index (χ1n) is 7.52. The summed E-state index contributed by atoms with van der Waals surface area (Å²) >= 11 is 12.1. The molecule has 2 aliphatic heterocycles. The maximum absolute atomic E-state index is 12.9. The van der Waals surface area contributed by atoms with Gasteiger partial charge in [-0.25, -0.2) is 0 Å². The standard InChI is InChI=1S/C15H21Cl2N3O/c1-18-7-3-5-11(18)12-6-4-8-20(12)15(21)13-9-10(16)14(17)19(13)2/h9,11-12H,3-8H2,1-2H3/t11-,12+/m0/s1. The molecule has 0 radical (unpaired) electrons. The van der Waals surface area contributed by atoms with Gasteiger partial charge >= 0.3 is 0 Å². The van der Waals surface area contributed by atoms with Crippen molar-refractivity contribution in [1.29, 1.82) is 0 Å². The Balaban J connectivity index is 1.84. The average Bonchev–Trinajstić information content (AvgIpc) is 3.14. The predicted octanol–water partition coefficient (Wildman–Crippen LogP) is 3.03. The van der Waals surface area contributed by atoms with Gasteiger partial charge in [0.1, 0.15) is 10.8 Å². The Morgan fingerprint density at radius 2 is 1.81 bits per heavy atom. The van der Waals surface area contributed by atoms with Crippen molar-refractivity contribution >= 4 is 29.1 Å². The Morgan fingerprint density at radius 3 is 2.38 bits per heavy atom. The van der Waals surface area contributed by atoms with E-state index in [2.05, 4.69) is 11.9 Å². The molecule has 0 N–H and O–H groups in total. The van der Waals surface area contributed by atoms with Gasteiger partial charge in [-0.2, -0.15) is 0 Å². The maximum Gasteiger partial charge on any atom is 0.270 e. The molecule has 0 unspecified atom stereocenters. The summed E-state index contributed by atoms with van der Waals surface area (Å²) in [6, 6.07) is 2.49. The van der Waals surface area contributed by atoms with Crippen LogP contribution in [0.25, 0.3) is 0 Å². The Labute approximate surface area is 135 Å². The number of hydrogen-bond acceptors (Lipinski definition) is 2. The van der Waals surface area contributed by atoms with Crippen LogP contribution in [0.4, 0.5) is 0 Å². The largest absolute Gasteiger partial charge is 0.333 e. The van der Waals surface area contributed by atoms with Crippen LogP contribution in [0.3, 0.4) is 0 Å². The van der Waals surface area contributed by atoms with E-state index in [1.165, 1.54) is 12.8 Å². The van der Waals surface area contributed by atoms with E-state index in [0.29, 0.717) is 28.0 Å². The van der Waals surface area contributed by atoms with Crippen LogP contribution in [0.2, 0.25) is 10.2 Å². The number of amides is 1. The molecule has 3 heterocycles. The highest BCUT2D eigenvalue weighted by Gasteiger charge is 2.39. The van der Waals surface area contributed by atoms with Gasteiger partial charge in [0.2, 0.25) is 0 Å². The fourth-order valence-corrected chi connectivity index (χ4v) is 4.14. The van der Waals surface area contributed by atoms with Crippen molar-refractivity contribution in [3.63, 3.8) is 0 Å². The summed E-state index contributed by atoms with van der Waals surface area (Å²) in [5.41, 5.74) is 0.581. The zero-order valence-corrected chi connectivity index (χ0v) is 14.0. The minimum Gasteiger partial charge on any atom is -0.333 e. The molecule has 1 amide bonds. The highest BCUT2D eigenvalue weighted by molar-refractivity contribution is 6.41. The van der Waals surface area contributed by atoms with Gasteiger partial charge in [-0.05, 0) is 45.3 Å². The minimum absolute atomic E-state index is 0.0501. The first kappa shape index (κ1) is 15.2. The van der Waals surface area contributed by atoms with Crippen molar-refractivity contribution in [2.75, 3.05) is 20.1 Å².